The minimum Gasteiger partial charge on any atom is -0.619 e. The third kappa shape index (κ3) is 2.66. The maximum Gasteiger partial charge on any atom is 0.570 e. The second kappa shape index (κ2) is 6.07. The Kier molecular flexibility index (Phi) is 4.09. The van der Waals surface area contributed by atoms with E-state index in [1.54, 1.807) is 49.3 Å². The maximum atomic E-state index is 15.8. The quantitative estimate of drug-likeness (QED) is 0.636. The third-order valence-corrected chi connectivity index (χ3v) is 3.95. The lowest BCUT2D eigenvalue weighted by molar-refractivity contribution is -0.438. The molecular weight excluding hydrogens is 313 g/mol. The number of halogens is 2. The molecule has 0 aromatic heterocycles. The van der Waals surface area contributed by atoms with Crippen LogP contribution in [0.25, 0.3) is 0 Å². The molecule has 0 spiro atoms. The number of hydrogen-bond acceptors (Lipinski definition) is 2. The molecule has 7 heteroatoms. The van der Waals surface area contributed by atoms with Crippen molar-refractivity contribution in [2.45, 2.75) is 6.04 Å². The van der Waals surface area contributed by atoms with Crippen molar-refractivity contribution in [3.8, 4) is 0 Å². The van der Waals surface area contributed by atoms with Crippen LogP contribution in [-0.4, -0.2) is 42.6 Å². The Morgan fingerprint density at radius 3 is 2.38 bits per heavy atom. The third-order valence-electron chi connectivity index (χ3n) is 3.95. The van der Waals surface area contributed by atoms with Crippen molar-refractivity contribution in [3.63, 3.8) is 0 Å². The summed E-state index contributed by atoms with van der Waals surface area (Å²) in [5.41, 5.74) is 0.306. The molecule has 1 heterocycles. The van der Waals surface area contributed by atoms with Gasteiger partial charge in [0.2, 0.25) is 0 Å². The van der Waals surface area contributed by atoms with Gasteiger partial charge in [-0.25, -0.2) is 4.39 Å². The van der Waals surface area contributed by atoms with Crippen LogP contribution in [0, 0.1) is 5.82 Å². The van der Waals surface area contributed by atoms with Crippen molar-refractivity contribution < 1.29 is 22.6 Å². The predicted molar refractivity (Wildman–Crippen MR) is 88.2 cm³/mol. The van der Waals surface area contributed by atoms with Crippen LogP contribution in [0.1, 0.15) is 11.6 Å². The summed E-state index contributed by atoms with van der Waals surface area (Å²) in [5, 5.41) is 0. The molecule has 1 aliphatic rings. The number of carbonyl (C=O) groups is 1. The van der Waals surface area contributed by atoms with E-state index in [0.717, 1.165) is 10.6 Å². The van der Waals surface area contributed by atoms with Gasteiger partial charge in [-0.15, -0.1) is 0 Å². The topological polar surface area (TPSA) is 32.5 Å². The van der Waals surface area contributed by atoms with Crippen LogP contribution in [0.15, 0.2) is 54.6 Å². The Labute approximate surface area is 139 Å². The van der Waals surface area contributed by atoms with E-state index in [9.17, 15) is 9.18 Å². The highest BCUT2D eigenvalue weighted by atomic mass is 19.1. The Balaban J connectivity index is 2.18. The van der Waals surface area contributed by atoms with E-state index in [-0.39, 0.29) is 5.46 Å². The standard InChI is InChI=1S/C17H17BF2N2O2/c1-21(2)12-22-16(13-8-4-3-5-9-13)17(23)24-18(22,20)14-10-6-7-11-15(14)19/h3-12,16H,1-2H3/b22-12-/t16-,18?/m0/s1. The Morgan fingerprint density at radius 2 is 1.75 bits per heavy atom. The lowest BCUT2D eigenvalue weighted by atomic mass is 9.66. The zero-order valence-electron chi connectivity index (χ0n) is 13.4. The van der Waals surface area contributed by atoms with E-state index in [4.69, 9.17) is 4.65 Å². The van der Waals surface area contributed by atoms with Crippen LogP contribution in [0.3, 0.4) is 0 Å². The molecule has 4 nitrogen and oxygen atoms in total. The summed E-state index contributed by atoms with van der Waals surface area (Å²) < 4.78 is 36.2. The number of rotatable bonds is 3. The van der Waals surface area contributed by atoms with Crippen molar-refractivity contribution >= 4 is 24.5 Å². The lowest BCUT2D eigenvalue weighted by Gasteiger charge is -2.27. The van der Waals surface area contributed by atoms with Gasteiger partial charge in [0.05, 0.1) is 19.9 Å². The van der Waals surface area contributed by atoms with Gasteiger partial charge in [-0.2, -0.15) is 0 Å². The normalized spacial score (nSPS) is 24.9. The molecule has 2 aromatic rings. The summed E-state index contributed by atoms with van der Waals surface area (Å²) in [4.78, 5) is 14.0. The van der Waals surface area contributed by atoms with Crippen LogP contribution < -0.4 is 5.46 Å². The molecule has 24 heavy (non-hydrogen) atoms. The summed E-state index contributed by atoms with van der Waals surface area (Å²) >= 11 is 0. The van der Waals surface area contributed by atoms with Gasteiger partial charge in [-0.05, 0) is 11.5 Å². The van der Waals surface area contributed by atoms with Gasteiger partial charge in [0, 0.05) is 5.56 Å². The molecular formula is C17H17BF2N2O2. The first-order chi connectivity index (χ1) is 11.4. The van der Waals surface area contributed by atoms with Crippen LogP contribution in [-0.2, 0) is 9.45 Å². The summed E-state index contributed by atoms with van der Waals surface area (Å²) in [7, 11) is 3.39. The van der Waals surface area contributed by atoms with E-state index >= 15 is 4.32 Å². The fourth-order valence-electron chi connectivity index (χ4n) is 2.94. The molecule has 1 unspecified atom stereocenters. The first-order valence-corrected chi connectivity index (χ1v) is 7.58. The van der Waals surface area contributed by atoms with E-state index in [1.807, 2.05) is 0 Å². The molecule has 1 fully saturated rings. The fourth-order valence-corrected chi connectivity index (χ4v) is 2.94. The van der Waals surface area contributed by atoms with Crippen LogP contribution in [0.2, 0.25) is 0 Å². The van der Waals surface area contributed by atoms with E-state index in [0.29, 0.717) is 5.56 Å². The first-order valence-electron chi connectivity index (χ1n) is 7.58. The molecule has 1 aliphatic heterocycles. The van der Waals surface area contributed by atoms with Gasteiger partial charge >= 0.3 is 12.7 Å². The highest BCUT2D eigenvalue weighted by molar-refractivity contribution is 6.76. The van der Waals surface area contributed by atoms with E-state index < -0.39 is 24.6 Å². The van der Waals surface area contributed by atoms with Gasteiger partial charge in [-0.3, -0.25) is 9.69 Å². The molecule has 2 aromatic carbocycles. The molecule has 0 saturated carbocycles. The summed E-state index contributed by atoms with van der Waals surface area (Å²) in [6.45, 7) is -3.52. The monoisotopic (exact) mass is 330 g/mol. The molecule has 3 rings (SSSR count). The van der Waals surface area contributed by atoms with Crippen molar-refractivity contribution in [2.24, 2.45) is 0 Å². The van der Waals surface area contributed by atoms with E-state index in [1.165, 1.54) is 24.5 Å². The van der Waals surface area contributed by atoms with Gasteiger partial charge in [-0.1, -0.05) is 48.5 Å². The van der Waals surface area contributed by atoms with Crippen molar-refractivity contribution in [3.05, 3.63) is 66.0 Å². The Bertz CT molecular complexity index is 798. The second-order valence-corrected chi connectivity index (χ2v) is 5.95. The molecule has 0 aliphatic carbocycles. The maximum absolute atomic E-state index is 15.8. The minimum atomic E-state index is -3.52. The van der Waals surface area contributed by atoms with Gasteiger partial charge in [0.15, 0.2) is 12.4 Å². The zero-order valence-corrected chi connectivity index (χ0v) is 13.4. The van der Waals surface area contributed by atoms with Crippen molar-refractivity contribution in [2.75, 3.05) is 14.1 Å². The van der Waals surface area contributed by atoms with Crippen LogP contribution in [0.4, 0.5) is 8.71 Å². The van der Waals surface area contributed by atoms with Gasteiger partial charge < -0.3 is 13.5 Å². The number of benzene rings is 2. The molecule has 0 radical (unpaired) electrons. The van der Waals surface area contributed by atoms with Crippen molar-refractivity contribution in [1.29, 1.82) is 0 Å². The molecule has 0 bridgehead atoms. The number of hydrogen-bond donors (Lipinski definition) is 0. The summed E-state index contributed by atoms with van der Waals surface area (Å²) in [5.74, 6) is -1.50. The summed E-state index contributed by atoms with van der Waals surface area (Å²) in [6, 6.07) is 13.2. The molecule has 1 saturated heterocycles. The smallest absolute Gasteiger partial charge is 0.570 e. The fraction of sp³-hybridized carbons (Fsp3) is 0.176. The van der Waals surface area contributed by atoms with Crippen LogP contribution in [0.5, 0.6) is 0 Å². The second-order valence-electron chi connectivity index (χ2n) is 5.95. The van der Waals surface area contributed by atoms with Crippen LogP contribution >= 0.6 is 0 Å². The van der Waals surface area contributed by atoms with Gasteiger partial charge in [0.25, 0.3) is 0 Å². The molecule has 2 atom stereocenters. The lowest BCUT2D eigenvalue weighted by Crippen LogP contribution is -2.55. The zero-order chi connectivity index (χ0) is 17.3. The number of nitrogens with zero attached hydrogens (tertiary/aromatic N) is 2. The predicted octanol–water partition coefficient (Wildman–Crippen LogP) is 1.84. The Hall–Kier alpha value is -2.70. The van der Waals surface area contributed by atoms with Gasteiger partial charge in [0.1, 0.15) is 0 Å². The van der Waals surface area contributed by atoms with E-state index in [2.05, 4.69) is 0 Å². The largest absolute Gasteiger partial charge is 0.619 e. The average Bonchev–Trinajstić information content (AvgIpc) is 2.79. The SMILES string of the molecule is CN(C)/C=[N+]1/[C@@H](c2ccccc2)C(=O)O[B-]1(F)c1ccccc1F. The molecule has 124 valence electrons. The minimum absolute atomic E-state index is 0.276. The average molecular weight is 330 g/mol. The first kappa shape index (κ1) is 16.2. The summed E-state index contributed by atoms with van der Waals surface area (Å²) in [6.07, 6.45) is 1.43. The highest BCUT2D eigenvalue weighted by Gasteiger charge is 2.55. The number of carbonyl (C=O) groups excluding carboxylic acids is 1. The van der Waals surface area contributed by atoms with Crippen molar-refractivity contribution in [1.82, 2.24) is 4.90 Å². The molecule has 0 N–H and O–H groups in total. The molecule has 0 amide bonds. The Morgan fingerprint density at radius 1 is 1.12 bits per heavy atom. The highest BCUT2D eigenvalue weighted by Crippen LogP contribution is 2.32.